The second kappa shape index (κ2) is 7.13. The molecular weight excluding hydrogens is 412 g/mol. The van der Waals surface area contributed by atoms with Gasteiger partial charge in [0.1, 0.15) is 0 Å². The predicted octanol–water partition coefficient (Wildman–Crippen LogP) is 4.59. The zero-order chi connectivity index (χ0) is 19.3. The molecule has 0 fully saturated rings. The third-order valence-corrected chi connectivity index (χ3v) is 7.94. The quantitative estimate of drug-likeness (QED) is 0.441. The molecule has 0 bridgehead atoms. The number of thiazole rings is 1. The van der Waals surface area contributed by atoms with Gasteiger partial charge in [-0.25, -0.2) is 4.98 Å². The molecule has 1 atom stereocenters. The topological polar surface area (TPSA) is 73.3 Å². The van der Waals surface area contributed by atoms with Gasteiger partial charge in [-0.2, -0.15) is 0 Å². The number of hydrogen-bond acceptors (Lipinski definition) is 8. The molecule has 1 unspecified atom stereocenters. The number of aromatic nitrogens is 4. The van der Waals surface area contributed by atoms with Crippen LogP contribution >= 0.6 is 34.4 Å². The molecular formula is C19H18N4O2S3. The molecule has 0 amide bonds. The first kappa shape index (κ1) is 18.1. The fourth-order valence-electron chi connectivity index (χ4n) is 3.49. The summed E-state index contributed by atoms with van der Waals surface area (Å²) >= 11 is 4.64. The highest BCUT2D eigenvalue weighted by Crippen LogP contribution is 2.37. The number of thioether (sulfide) groups is 1. The van der Waals surface area contributed by atoms with Crippen LogP contribution in [0, 0.1) is 12.8 Å². The maximum absolute atomic E-state index is 12.3. The Balaban J connectivity index is 1.33. The molecule has 0 spiro atoms. The normalized spacial score (nSPS) is 16.6. The van der Waals surface area contributed by atoms with E-state index in [4.69, 9.17) is 4.42 Å². The lowest BCUT2D eigenvalue weighted by molar-refractivity contribution is 0.466. The van der Waals surface area contributed by atoms with Crippen molar-refractivity contribution in [2.45, 2.75) is 44.1 Å². The standard InChI is InChI=1S/C19H18N4O2S3/c1-10-3-4-14-12(5-10)6-15(28-14)17-21-22-19(25-17)27-9-13-7-16(24)23-11(2)8-26-18(23)20-13/h6-8,10H,3-5,9H2,1-2H3. The van der Waals surface area contributed by atoms with E-state index in [0.717, 1.165) is 35.0 Å². The summed E-state index contributed by atoms with van der Waals surface area (Å²) in [4.78, 5) is 20.0. The van der Waals surface area contributed by atoms with Crippen LogP contribution in [-0.4, -0.2) is 19.6 Å². The van der Waals surface area contributed by atoms with Gasteiger partial charge < -0.3 is 4.42 Å². The van der Waals surface area contributed by atoms with Crippen LogP contribution in [0.4, 0.5) is 0 Å². The van der Waals surface area contributed by atoms with E-state index in [1.54, 1.807) is 21.8 Å². The minimum Gasteiger partial charge on any atom is -0.410 e. The van der Waals surface area contributed by atoms with Crippen molar-refractivity contribution in [3.8, 4) is 10.8 Å². The van der Waals surface area contributed by atoms with Gasteiger partial charge in [-0.3, -0.25) is 9.20 Å². The summed E-state index contributed by atoms with van der Waals surface area (Å²) in [6.45, 7) is 4.21. The number of fused-ring (bicyclic) bond motifs is 2. The molecule has 5 rings (SSSR count). The van der Waals surface area contributed by atoms with Gasteiger partial charge in [0, 0.05) is 27.8 Å². The minimum absolute atomic E-state index is 0.0519. The second-order valence-corrected chi connectivity index (χ2v) is 10.0. The first-order valence-corrected chi connectivity index (χ1v) is 11.8. The monoisotopic (exact) mass is 430 g/mol. The predicted molar refractivity (Wildman–Crippen MR) is 112 cm³/mol. The first-order valence-electron chi connectivity index (χ1n) is 9.12. The van der Waals surface area contributed by atoms with Gasteiger partial charge in [0.15, 0.2) is 4.96 Å². The smallest absolute Gasteiger partial charge is 0.277 e. The second-order valence-electron chi connectivity index (χ2n) is 7.15. The number of thiophene rings is 1. The molecule has 9 heteroatoms. The molecule has 0 N–H and O–H groups in total. The minimum atomic E-state index is -0.0519. The van der Waals surface area contributed by atoms with Crippen LogP contribution in [0.25, 0.3) is 15.7 Å². The molecule has 1 aliphatic rings. The van der Waals surface area contributed by atoms with Crippen LogP contribution < -0.4 is 5.56 Å². The number of aryl methyl sites for hydroxylation is 2. The van der Waals surface area contributed by atoms with Crippen LogP contribution in [0.2, 0.25) is 0 Å². The average Bonchev–Trinajstić information content (AvgIpc) is 3.38. The SMILES string of the molecule is Cc1csc2nc(CSc3nnc(-c4cc5c(s4)CCC(C)C5)o3)cc(=O)n12. The van der Waals surface area contributed by atoms with Crippen molar-refractivity contribution in [3.63, 3.8) is 0 Å². The highest BCUT2D eigenvalue weighted by molar-refractivity contribution is 7.98. The van der Waals surface area contributed by atoms with Crippen LogP contribution in [-0.2, 0) is 18.6 Å². The average molecular weight is 431 g/mol. The lowest BCUT2D eigenvalue weighted by Gasteiger charge is -2.16. The molecule has 0 radical (unpaired) electrons. The summed E-state index contributed by atoms with van der Waals surface area (Å²) in [5.74, 6) is 1.83. The number of nitrogens with zero attached hydrogens (tertiary/aromatic N) is 4. The van der Waals surface area contributed by atoms with Gasteiger partial charge in [-0.15, -0.1) is 32.9 Å². The summed E-state index contributed by atoms with van der Waals surface area (Å²) in [5.41, 5.74) is 3.00. The zero-order valence-electron chi connectivity index (χ0n) is 15.5. The molecule has 0 saturated heterocycles. The van der Waals surface area contributed by atoms with Crippen molar-refractivity contribution in [1.29, 1.82) is 0 Å². The maximum atomic E-state index is 12.3. The Morgan fingerprint density at radius 2 is 2.25 bits per heavy atom. The molecule has 4 aromatic heterocycles. The molecule has 1 aliphatic carbocycles. The van der Waals surface area contributed by atoms with Crippen molar-refractivity contribution in [2.75, 3.05) is 0 Å². The summed E-state index contributed by atoms with van der Waals surface area (Å²) < 4.78 is 7.49. The van der Waals surface area contributed by atoms with Crippen molar-refractivity contribution in [2.24, 2.45) is 5.92 Å². The third-order valence-electron chi connectivity index (χ3n) is 4.92. The van der Waals surface area contributed by atoms with E-state index in [1.165, 1.54) is 40.0 Å². The van der Waals surface area contributed by atoms with Crippen molar-refractivity contribution in [3.05, 3.63) is 49.7 Å². The Morgan fingerprint density at radius 1 is 1.36 bits per heavy atom. The summed E-state index contributed by atoms with van der Waals surface area (Å²) in [6.07, 6.45) is 3.52. The van der Waals surface area contributed by atoms with Crippen LogP contribution in [0.15, 0.2) is 31.9 Å². The Kier molecular flexibility index (Phi) is 4.60. The fraction of sp³-hybridized carbons (Fsp3) is 0.368. The van der Waals surface area contributed by atoms with E-state index >= 15 is 0 Å². The van der Waals surface area contributed by atoms with Gasteiger partial charge in [0.2, 0.25) is 0 Å². The molecule has 0 saturated carbocycles. The Morgan fingerprint density at radius 3 is 3.14 bits per heavy atom. The zero-order valence-corrected chi connectivity index (χ0v) is 17.9. The van der Waals surface area contributed by atoms with Gasteiger partial charge in [0.25, 0.3) is 16.7 Å². The van der Waals surface area contributed by atoms with Gasteiger partial charge in [0.05, 0.1) is 10.6 Å². The first-order chi connectivity index (χ1) is 13.6. The third kappa shape index (κ3) is 3.31. The highest BCUT2D eigenvalue weighted by Gasteiger charge is 2.21. The maximum Gasteiger partial charge on any atom is 0.277 e. The molecule has 0 aromatic carbocycles. The molecule has 4 aromatic rings. The van der Waals surface area contributed by atoms with E-state index in [2.05, 4.69) is 28.2 Å². The molecule has 4 heterocycles. The molecule has 144 valence electrons. The van der Waals surface area contributed by atoms with Crippen LogP contribution in [0.3, 0.4) is 0 Å². The Labute approximate surface area is 173 Å². The largest absolute Gasteiger partial charge is 0.410 e. The summed E-state index contributed by atoms with van der Waals surface area (Å²) in [7, 11) is 0. The summed E-state index contributed by atoms with van der Waals surface area (Å²) in [6, 6.07) is 3.78. The lowest BCUT2D eigenvalue weighted by atomic mass is 9.90. The van der Waals surface area contributed by atoms with Gasteiger partial charge in [-0.05, 0) is 43.7 Å². The summed E-state index contributed by atoms with van der Waals surface area (Å²) in [5, 5.41) is 10.8. The van der Waals surface area contributed by atoms with Crippen molar-refractivity contribution >= 4 is 39.4 Å². The van der Waals surface area contributed by atoms with E-state index in [-0.39, 0.29) is 5.56 Å². The van der Waals surface area contributed by atoms with Gasteiger partial charge in [-0.1, -0.05) is 18.7 Å². The molecule has 0 aliphatic heterocycles. The van der Waals surface area contributed by atoms with E-state index < -0.39 is 0 Å². The van der Waals surface area contributed by atoms with E-state index in [9.17, 15) is 4.79 Å². The Hall–Kier alpha value is -1.97. The highest BCUT2D eigenvalue weighted by atomic mass is 32.2. The van der Waals surface area contributed by atoms with E-state index in [1.807, 2.05) is 12.3 Å². The van der Waals surface area contributed by atoms with E-state index in [0.29, 0.717) is 21.8 Å². The lowest BCUT2D eigenvalue weighted by Crippen LogP contribution is -2.14. The fourth-order valence-corrected chi connectivity index (χ4v) is 6.17. The van der Waals surface area contributed by atoms with Crippen LogP contribution in [0.5, 0.6) is 0 Å². The molecule has 6 nitrogen and oxygen atoms in total. The van der Waals surface area contributed by atoms with Crippen molar-refractivity contribution in [1.82, 2.24) is 19.6 Å². The molecule has 28 heavy (non-hydrogen) atoms. The number of hydrogen-bond donors (Lipinski definition) is 0. The van der Waals surface area contributed by atoms with Gasteiger partial charge >= 0.3 is 0 Å². The Bertz CT molecular complexity index is 1220. The van der Waals surface area contributed by atoms with Crippen LogP contribution in [0.1, 0.15) is 35.2 Å². The van der Waals surface area contributed by atoms with Crippen molar-refractivity contribution < 1.29 is 4.42 Å². The number of rotatable bonds is 4.